The highest BCUT2D eigenvalue weighted by atomic mass is 19.1. The molecule has 0 aliphatic heterocycles. The Hall–Kier alpha value is -2.62. The number of halogens is 1. The van der Waals surface area contributed by atoms with Crippen molar-refractivity contribution in [3.05, 3.63) is 60.5 Å². The van der Waals surface area contributed by atoms with E-state index in [0.717, 1.165) is 10.8 Å². The van der Waals surface area contributed by atoms with Gasteiger partial charge in [0.05, 0.1) is 0 Å². The first-order valence-electron chi connectivity index (χ1n) is 5.89. The van der Waals surface area contributed by atoms with Crippen molar-refractivity contribution < 1.29 is 4.39 Å². The first-order chi connectivity index (χ1) is 9.22. The second kappa shape index (κ2) is 4.57. The number of pyridine rings is 1. The summed E-state index contributed by atoms with van der Waals surface area (Å²) in [6.07, 6.45) is 1.70. The van der Waals surface area contributed by atoms with E-state index in [1.165, 1.54) is 12.1 Å². The summed E-state index contributed by atoms with van der Waals surface area (Å²) >= 11 is 0. The highest BCUT2D eigenvalue weighted by Gasteiger charge is 2.03. The third-order valence-corrected chi connectivity index (χ3v) is 2.88. The van der Waals surface area contributed by atoms with Crippen LogP contribution >= 0.6 is 0 Å². The summed E-state index contributed by atoms with van der Waals surface area (Å²) in [5, 5.41) is 5.05. The smallest absolute Gasteiger partial charge is 0.138 e. The third-order valence-electron chi connectivity index (χ3n) is 2.88. The normalized spacial score (nSPS) is 10.6. The van der Waals surface area contributed by atoms with Crippen LogP contribution in [0.1, 0.15) is 0 Å². The lowest BCUT2D eigenvalue weighted by atomic mass is 10.1. The molecular formula is C15H12FN3. The fraction of sp³-hybridized carbons (Fsp3) is 0. The first kappa shape index (κ1) is 11.5. The summed E-state index contributed by atoms with van der Waals surface area (Å²) in [6.45, 7) is 0. The number of rotatable bonds is 2. The van der Waals surface area contributed by atoms with Crippen molar-refractivity contribution in [1.82, 2.24) is 4.98 Å². The summed E-state index contributed by atoms with van der Waals surface area (Å²) in [7, 11) is 0. The Morgan fingerprint density at radius 1 is 1.05 bits per heavy atom. The zero-order valence-corrected chi connectivity index (χ0v) is 10.1. The number of nitrogens with two attached hydrogens (primary N) is 1. The van der Waals surface area contributed by atoms with Crippen molar-refractivity contribution in [3.63, 3.8) is 0 Å². The van der Waals surface area contributed by atoms with E-state index in [0.29, 0.717) is 17.2 Å². The van der Waals surface area contributed by atoms with Gasteiger partial charge in [0, 0.05) is 23.0 Å². The van der Waals surface area contributed by atoms with Gasteiger partial charge in [-0.3, -0.25) is 0 Å². The van der Waals surface area contributed by atoms with Gasteiger partial charge in [0.1, 0.15) is 11.6 Å². The summed E-state index contributed by atoms with van der Waals surface area (Å²) in [5.74, 6) is 0.401. The Bertz CT molecular complexity index is 740. The molecule has 1 aromatic heterocycles. The van der Waals surface area contributed by atoms with Gasteiger partial charge >= 0.3 is 0 Å². The van der Waals surface area contributed by atoms with Crippen LogP contribution in [0.15, 0.2) is 54.7 Å². The van der Waals surface area contributed by atoms with Gasteiger partial charge in [-0.25, -0.2) is 9.37 Å². The molecule has 0 unspecified atom stereocenters. The predicted octanol–water partition coefficient (Wildman–Crippen LogP) is 3.70. The molecule has 0 radical (unpaired) electrons. The molecule has 4 heteroatoms. The number of benzene rings is 2. The maximum atomic E-state index is 13.2. The largest absolute Gasteiger partial charge is 0.399 e. The van der Waals surface area contributed by atoms with E-state index < -0.39 is 0 Å². The molecule has 0 atom stereocenters. The third kappa shape index (κ3) is 2.33. The van der Waals surface area contributed by atoms with Crippen LogP contribution in [0.25, 0.3) is 10.8 Å². The minimum atomic E-state index is -0.283. The van der Waals surface area contributed by atoms with Gasteiger partial charge in [0.15, 0.2) is 0 Å². The zero-order chi connectivity index (χ0) is 13.2. The topological polar surface area (TPSA) is 50.9 Å². The van der Waals surface area contributed by atoms with Gasteiger partial charge < -0.3 is 11.1 Å². The van der Waals surface area contributed by atoms with Crippen LogP contribution < -0.4 is 11.1 Å². The lowest BCUT2D eigenvalue weighted by molar-refractivity contribution is 0.628. The molecule has 0 fully saturated rings. The molecule has 0 aliphatic carbocycles. The Kier molecular flexibility index (Phi) is 2.76. The molecule has 3 rings (SSSR count). The maximum Gasteiger partial charge on any atom is 0.138 e. The molecular weight excluding hydrogens is 241 g/mol. The van der Waals surface area contributed by atoms with Gasteiger partial charge in [0.2, 0.25) is 0 Å². The second-order valence-electron chi connectivity index (χ2n) is 4.28. The molecule has 94 valence electrons. The van der Waals surface area contributed by atoms with Crippen LogP contribution in [0.4, 0.5) is 21.6 Å². The summed E-state index contributed by atoms with van der Waals surface area (Å²) in [4.78, 5) is 4.29. The molecule has 0 aliphatic rings. The fourth-order valence-corrected chi connectivity index (χ4v) is 2.00. The number of nitrogens with one attached hydrogen (secondary N) is 1. The number of fused-ring (bicyclic) bond motifs is 1. The lowest BCUT2D eigenvalue weighted by Crippen LogP contribution is -1.95. The Morgan fingerprint density at radius 2 is 1.95 bits per heavy atom. The second-order valence-corrected chi connectivity index (χ2v) is 4.28. The minimum absolute atomic E-state index is 0.283. The van der Waals surface area contributed by atoms with E-state index in [1.54, 1.807) is 18.3 Å². The van der Waals surface area contributed by atoms with Crippen LogP contribution in [0.5, 0.6) is 0 Å². The van der Waals surface area contributed by atoms with E-state index in [-0.39, 0.29) is 5.82 Å². The average molecular weight is 253 g/mol. The zero-order valence-electron chi connectivity index (χ0n) is 10.1. The Balaban J connectivity index is 2.06. The number of hydrogen-bond acceptors (Lipinski definition) is 3. The van der Waals surface area contributed by atoms with Crippen LogP contribution in [-0.2, 0) is 0 Å². The number of aromatic nitrogens is 1. The van der Waals surface area contributed by atoms with Crippen LogP contribution in [0.3, 0.4) is 0 Å². The lowest BCUT2D eigenvalue weighted by Gasteiger charge is -2.09. The van der Waals surface area contributed by atoms with Crippen LogP contribution in [-0.4, -0.2) is 4.98 Å². The van der Waals surface area contributed by atoms with Gasteiger partial charge in [-0.05, 0) is 47.9 Å². The molecule has 0 amide bonds. The van der Waals surface area contributed by atoms with Crippen molar-refractivity contribution in [2.75, 3.05) is 11.1 Å². The summed E-state index contributed by atoms with van der Waals surface area (Å²) < 4.78 is 13.2. The molecule has 0 saturated heterocycles. The van der Waals surface area contributed by atoms with Crippen molar-refractivity contribution in [2.24, 2.45) is 0 Å². The Labute approximate surface area is 109 Å². The molecule has 3 N–H and O–H groups in total. The van der Waals surface area contributed by atoms with E-state index in [2.05, 4.69) is 10.3 Å². The monoisotopic (exact) mass is 253 g/mol. The average Bonchev–Trinajstić information content (AvgIpc) is 2.38. The molecule has 0 saturated carbocycles. The molecule has 19 heavy (non-hydrogen) atoms. The van der Waals surface area contributed by atoms with E-state index in [4.69, 9.17) is 5.73 Å². The number of hydrogen-bond donors (Lipinski definition) is 2. The van der Waals surface area contributed by atoms with Crippen molar-refractivity contribution >= 4 is 28.0 Å². The van der Waals surface area contributed by atoms with Gasteiger partial charge in [0.25, 0.3) is 0 Å². The summed E-state index contributed by atoms with van der Waals surface area (Å²) in [5.41, 5.74) is 7.12. The van der Waals surface area contributed by atoms with Gasteiger partial charge in [-0.15, -0.1) is 0 Å². The first-order valence-corrected chi connectivity index (χ1v) is 5.89. The Morgan fingerprint density at radius 3 is 2.79 bits per heavy atom. The van der Waals surface area contributed by atoms with E-state index >= 15 is 0 Å². The molecule has 3 aromatic rings. The summed E-state index contributed by atoms with van der Waals surface area (Å²) in [6, 6.07) is 13.8. The van der Waals surface area contributed by atoms with Crippen LogP contribution in [0.2, 0.25) is 0 Å². The van der Waals surface area contributed by atoms with Crippen LogP contribution in [0, 0.1) is 5.82 Å². The number of nitrogens with zero attached hydrogens (tertiary/aromatic N) is 1. The van der Waals surface area contributed by atoms with E-state index in [1.807, 2.05) is 24.3 Å². The van der Waals surface area contributed by atoms with E-state index in [9.17, 15) is 4.39 Å². The molecule has 0 bridgehead atoms. The van der Waals surface area contributed by atoms with Crippen molar-refractivity contribution in [3.8, 4) is 0 Å². The fourth-order valence-electron chi connectivity index (χ4n) is 2.00. The van der Waals surface area contributed by atoms with Crippen molar-refractivity contribution in [2.45, 2.75) is 0 Å². The highest BCUT2D eigenvalue weighted by Crippen LogP contribution is 2.25. The standard InChI is InChI=1S/C15H12FN3/c16-11-2-1-3-13(9-11)19-15-14-5-4-12(17)8-10(14)6-7-18-15/h1-9H,17H2,(H,18,19). The molecule has 2 aromatic carbocycles. The predicted molar refractivity (Wildman–Crippen MR) is 75.8 cm³/mol. The van der Waals surface area contributed by atoms with Gasteiger partial charge in [-0.1, -0.05) is 6.07 Å². The minimum Gasteiger partial charge on any atom is -0.399 e. The maximum absolute atomic E-state index is 13.2. The van der Waals surface area contributed by atoms with Crippen molar-refractivity contribution in [1.29, 1.82) is 0 Å². The number of nitrogen functional groups attached to an aromatic ring is 1. The quantitative estimate of drug-likeness (QED) is 0.685. The molecule has 1 heterocycles. The van der Waals surface area contributed by atoms with Gasteiger partial charge in [-0.2, -0.15) is 0 Å². The SMILES string of the molecule is Nc1ccc2c(Nc3cccc(F)c3)nccc2c1. The number of anilines is 3. The molecule has 0 spiro atoms. The highest BCUT2D eigenvalue weighted by molar-refractivity contribution is 5.94. The molecule has 3 nitrogen and oxygen atoms in total.